The largest absolute Gasteiger partial charge is 0.351 e. The van der Waals surface area contributed by atoms with Gasteiger partial charge in [0.25, 0.3) is 0 Å². The summed E-state index contributed by atoms with van der Waals surface area (Å²) in [4.78, 5) is 12.5. The highest BCUT2D eigenvalue weighted by Gasteiger charge is 2.18. The van der Waals surface area contributed by atoms with Crippen LogP contribution >= 0.6 is 11.8 Å². The van der Waals surface area contributed by atoms with Crippen molar-refractivity contribution in [2.75, 3.05) is 23.3 Å². The summed E-state index contributed by atoms with van der Waals surface area (Å²) in [5.41, 5.74) is 2.11. The number of nitrogens with one attached hydrogen (secondary N) is 1. The van der Waals surface area contributed by atoms with E-state index in [1.807, 2.05) is 18.3 Å². The standard InChI is InChI=1S/C14H16N4S/c1-3-18(4-2)14-15-9-11-13(17-14)19-12-8-6-5-7-10(12)16-11/h5-9,16H,3-4H2,1-2H3. The van der Waals surface area contributed by atoms with E-state index in [4.69, 9.17) is 0 Å². The van der Waals surface area contributed by atoms with Gasteiger partial charge in [-0.25, -0.2) is 9.97 Å². The Bertz CT molecular complexity index is 596. The molecule has 1 N–H and O–H groups in total. The Labute approximate surface area is 117 Å². The SMILES string of the molecule is CCN(CC)c1ncc2c(n1)Sc1ccccc1N2. The normalized spacial score (nSPS) is 12.3. The molecule has 3 rings (SSSR count). The Balaban J connectivity index is 1.96. The van der Waals surface area contributed by atoms with Gasteiger partial charge in [0, 0.05) is 18.0 Å². The van der Waals surface area contributed by atoms with Gasteiger partial charge in [0.15, 0.2) is 0 Å². The van der Waals surface area contributed by atoms with E-state index >= 15 is 0 Å². The summed E-state index contributed by atoms with van der Waals surface area (Å²) in [6, 6.07) is 8.26. The number of anilines is 3. The number of rotatable bonds is 3. The lowest BCUT2D eigenvalue weighted by molar-refractivity contribution is 0.808. The maximum atomic E-state index is 4.67. The van der Waals surface area contributed by atoms with Gasteiger partial charge in [-0.2, -0.15) is 0 Å². The summed E-state index contributed by atoms with van der Waals surface area (Å²) in [6.07, 6.45) is 1.87. The molecule has 0 amide bonds. The summed E-state index contributed by atoms with van der Waals surface area (Å²) in [5, 5.41) is 4.37. The fourth-order valence-electron chi connectivity index (χ4n) is 2.09. The van der Waals surface area contributed by atoms with Gasteiger partial charge in [0.05, 0.1) is 17.6 Å². The Kier molecular flexibility index (Phi) is 3.29. The van der Waals surface area contributed by atoms with Gasteiger partial charge in [-0.1, -0.05) is 23.9 Å². The quantitative estimate of drug-likeness (QED) is 0.739. The third-order valence-corrected chi connectivity index (χ3v) is 4.23. The van der Waals surface area contributed by atoms with E-state index in [1.165, 1.54) is 4.90 Å². The highest BCUT2D eigenvalue weighted by Crippen LogP contribution is 2.42. The van der Waals surface area contributed by atoms with E-state index < -0.39 is 0 Å². The van der Waals surface area contributed by atoms with Crippen molar-refractivity contribution in [3.05, 3.63) is 30.5 Å². The maximum Gasteiger partial charge on any atom is 0.226 e. The maximum absolute atomic E-state index is 4.67. The van der Waals surface area contributed by atoms with Crippen molar-refractivity contribution in [1.29, 1.82) is 0 Å². The topological polar surface area (TPSA) is 41.1 Å². The molecule has 19 heavy (non-hydrogen) atoms. The van der Waals surface area contributed by atoms with Crippen LogP contribution < -0.4 is 10.2 Å². The average Bonchev–Trinajstić information content (AvgIpc) is 2.46. The number of benzene rings is 1. The first-order valence-corrected chi connectivity index (χ1v) is 7.29. The molecule has 2 heterocycles. The van der Waals surface area contributed by atoms with Crippen molar-refractivity contribution < 1.29 is 0 Å². The minimum Gasteiger partial charge on any atom is -0.351 e. The van der Waals surface area contributed by atoms with Crippen molar-refractivity contribution in [3.63, 3.8) is 0 Å². The van der Waals surface area contributed by atoms with Crippen LogP contribution in [0.4, 0.5) is 17.3 Å². The molecule has 0 saturated heterocycles. The van der Waals surface area contributed by atoms with Gasteiger partial charge in [-0.15, -0.1) is 0 Å². The van der Waals surface area contributed by atoms with Crippen molar-refractivity contribution >= 4 is 29.1 Å². The summed E-state index contributed by atoms with van der Waals surface area (Å²) in [6.45, 7) is 6.08. The molecule has 0 unspecified atom stereocenters. The third-order valence-electron chi connectivity index (χ3n) is 3.15. The zero-order valence-electron chi connectivity index (χ0n) is 11.1. The van der Waals surface area contributed by atoms with Crippen molar-refractivity contribution in [3.8, 4) is 0 Å². The summed E-state index contributed by atoms with van der Waals surface area (Å²) < 4.78 is 0. The molecule has 0 bridgehead atoms. The number of nitrogens with zero attached hydrogens (tertiary/aromatic N) is 3. The molecule has 98 valence electrons. The molecule has 0 spiro atoms. The fourth-order valence-corrected chi connectivity index (χ4v) is 3.01. The van der Waals surface area contributed by atoms with Crippen LogP contribution in [0.1, 0.15) is 13.8 Å². The van der Waals surface area contributed by atoms with Crippen LogP contribution in [0.3, 0.4) is 0 Å². The second kappa shape index (κ2) is 5.09. The van der Waals surface area contributed by atoms with Crippen LogP contribution in [0.25, 0.3) is 0 Å². The number of aromatic nitrogens is 2. The van der Waals surface area contributed by atoms with E-state index in [1.54, 1.807) is 11.8 Å². The molecule has 0 fully saturated rings. The average molecular weight is 272 g/mol. The summed E-state index contributed by atoms with van der Waals surface area (Å²) >= 11 is 1.69. The molecule has 0 saturated carbocycles. The Hall–Kier alpha value is -1.75. The second-order valence-corrected chi connectivity index (χ2v) is 5.31. The molecule has 5 heteroatoms. The van der Waals surface area contributed by atoms with Crippen molar-refractivity contribution in [2.24, 2.45) is 0 Å². The Morgan fingerprint density at radius 1 is 1.16 bits per heavy atom. The number of hydrogen-bond acceptors (Lipinski definition) is 5. The molecular formula is C14H16N4S. The molecule has 1 aromatic carbocycles. The minimum absolute atomic E-state index is 0.803. The first-order valence-electron chi connectivity index (χ1n) is 6.47. The van der Waals surface area contributed by atoms with Crippen molar-refractivity contribution in [2.45, 2.75) is 23.8 Å². The van der Waals surface area contributed by atoms with Gasteiger partial charge >= 0.3 is 0 Å². The van der Waals surface area contributed by atoms with E-state index in [0.29, 0.717) is 0 Å². The van der Waals surface area contributed by atoms with E-state index in [9.17, 15) is 0 Å². The Morgan fingerprint density at radius 3 is 2.74 bits per heavy atom. The molecule has 4 nitrogen and oxygen atoms in total. The highest BCUT2D eigenvalue weighted by molar-refractivity contribution is 7.99. The molecule has 1 aliphatic heterocycles. The molecule has 0 radical (unpaired) electrons. The van der Waals surface area contributed by atoms with Crippen LogP contribution in [0.15, 0.2) is 40.4 Å². The van der Waals surface area contributed by atoms with Gasteiger partial charge < -0.3 is 10.2 Å². The van der Waals surface area contributed by atoms with Gasteiger partial charge in [0.1, 0.15) is 5.03 Å². The van der Waals surface area contributed by atoms with Crippen LogP contribution in [0.2, 0.25) is 0 Å². The van der Waals surface area contributed by atoms with Gasteiger partial charge in [-0.3, -0.25) is 0 Å². The molecule has 1 aromatic heterocycles. The number of hydrogen-bond donors (Lipinski definition) is 1. The molecular weight excluding hydrogens is 256 g/mol. The summed E-state index contributed by atoms with van der Waals surface area (Å²) in [5.74, 6) is 0.803. The molecule has 1 aliphatic rings. The summed E-state index contributed by atoms with van der Waals surface area (Å²) in [7, 11) is 0. The Morgan fingerprint density at radius 2 is 1.95 bits per heavy atom. The van der Waals surface area contributed by atoms with Crippen LogP contribution in [-0.4, -0.2) is 23.1 Å². The van der Waals surface area contributed by atoms with Crippen LogP contribution in [0, 0.1) is 0 Å². The van der Waals surface area contributed by atoms with Crippen LogP contribution in [0.5, 0.6) is 0 Å². The second-order valence-electron chi connectivity index (χ2n) is 4.28. The lowest BCUT2D eigenvalue weighted by Crippen LogP contribution is -2.24. The van der Waals surface area contributed by atoms with E-state index in [-0.39, 0.29) is 0 Å². The zero-order chi connectivity index (χ0) is 13.2. The smallest absolute Gasteiger partial charge is 0.226 e. The first-order chi connectivity index (χ1) is 9.31. The fraction of sp³-hybridized carbons (Fsp3) is 0.286. The first kappa shape index (κ1) is 12.3. The molecule has 0 atom stereocenters. The number of fused-ring (bicyclic) bond motifs is 2. The van der Waals surface area contributed by atoms with E-state index in [2.05, 4.69) is 46.2 Å². The predicted octanol–water partition coefficient (Wildman–Crippen LogP) is 3.53. The molecule has 2 aromatic rings. The highest BCUT2D eigenvalue weighted by atomic mass is 32.2. The van der Waals surface area contributed by atoms with Gasteiger partial charge in [-0.05, 0) is 26.0 Å². The van der Waals surface area contributed by atoms with Crippen molar-refractivity contribution in [1.82, 2.24) is 9.97 Å². The third kappa shape index (κ3) is 2.26. The predicted molar refractivity (Wildman–Crippen MR) is 79.4 cm³/mol. The van der Waals surface area contributed by atoms with Crippen LogP contribution in [-0.2, 0) is 0 Å². The lowest BCUT2D eigenvalue weighted by Gasteiger charge is -2.23. The van der Waals surface area contributed by atoms with E-state index in [0.717, 1.165) is 35.4 Å². The molecule has 0 aliphatic carbocycles. The lowest BCUT2D eigenvalue weighted by atomic mass is 10.3. The minimum atomic E-state index is 0.803. The van der Waals surface area contributed by atoms with Gasteiger partial charge in [0.2, 0.25) is 5.95 Å². The monoisotopic (exact) mass is 272 g/mol. The number of para-hydroxylation sites is 1. The zero-order valence-corrected chi connectivity index (χ0v) is 11.9.